The summed E-state index contributed by atoms with van der Waals surface area (Å²) >= 11 is 0. The number of aromatic nitrogens is 3. The van der Waals surface area contributed by atoms with Crippen LogP contribution in [0.3, 0.4) is 0 Å². The first-order valence-corrected chi connectivity index (χ1v) is 8.36. The number of hydrogen-bond acceptors (Lipinski definition) is 4. The number of hydrogen-bond donors (Lipinski definition) is 2. The van der Waals surface area contributed by atoms with Gasteiger partial charge in [-0.2, -0.15) is 0 Å². The van der Waals surface area contributed by atoms with Crippen molar-refractivity contribution in [3.8, 4) is 11.5 Å². The van der Waals surface area contributed by atoms with Gasteiger partial charge in [0.1, 0.15) is 0 Å². The highest BCUT2D eigenvalue weighted by Gasteiger charge is 2.14. The first kappa shape index (κ1) is 16.1. The zero-order valence-electron chi connectivity index (χ0n) is 14.5. The topological polar surface area (TPSA) is 83.8 Å². The molecule has 2 heterocycles. The van der Waals surface area contributed by atoms with Crippen molar-refractivity contribution in [2.45, 2.75) is 20.3 Å². The van der Waals surface area contributed by atoms with Crippen molar-refractivity contribution in [3.05, 3.63) is 65.7 Å². The fourth-order valence-corrected chi connectivity index (χ4v) is 3.00. The van der Waals surface area contributed by atoms with E-state index in [0.29, 0.717) is 23.0 Å². The van der Waals surface area contributed by atoms with E-state index in [-0.39, 0.29) is 12.3 Å². The van der Waals surface area contributed by atoms with E-state index in [9.17, 15) is 4.79 Å². The third kappa shape index (κ3) is 3.09. The van der Waals surface area contributed by atoms with E-state index in [2.05, 4.69) is 26.6 Å². The van der Waals surface area contributed by atoms with Gasteiger partial charge in [-0.1, -0.05) is 24.3 Å². The Hall–Kier alpha value is -3.41. The molecule has 2 aromatic carbocycles. The lowest BCUT2D eigenvalue weighted by Crippen LogP contribution is -2.14. The SMILES string of the molecule is Cc1ccc2c(CC(=O)Nc3ccccc3-c3nnc(C)o3)c[nH]c2c1. The van der Waals surface area contributed by atoms with Gasteiger partial charge < -0.3 is 14.7 Å². The van der Waals surface area contributed by atoms with Crippen LogP contribution in [0.15, 0.2) is 53.1 Å². The number of nitrogens with zero attached hydrogens (tertiary/aromatic N) is 2. The second kappa shape index (κ2) is 6.48. The van der Waals surface area contributed by atoms with E-state index in [4.69, 9.17) is 4.42 Å². The van der Waals surface area contributed by atoms with Crippen LogP contribution < -0.4 is 5.32 Å². The molecule has 0 aliphatic rings. The van der Waals surface area contributed by atoms with Crippen molar-refractivity contribution < 1.29 is 9.21 Å². The van der Waals surface area contributed by atoms with Gasteiger partial charge in [-0.15, -0.1) is 10.2 Å². The van der Waals surface area contributed by atoms with E-state index in [1.54, 1.807) is 6.92 Å². The minimum absolute atomic E-state index is 0.102. The highest BCUT2D eigenvalue weighted by atomic mass is 16.4. The third-order valence-electron chi connectivity index (χ3n) is 4.23. The summed E-state index contributed by atoms with van der Waals surface area (Å²) < 4.78 is 5.49. The van der Waals surface area contributed by atoms with Crippen LogP contribution >= 0.6 is 0 Å². The van der Waals surface area contributed by atoms with Crippen molar-refractivity contribution in [2.75, 3.05) is 5.32 Å². The lowest BCUT2D eigenvalue weighted by atomic mass is 10.1. The van der Waals surface area contributed by atoms with E-state index < -0.39 is 0 Å². The highest BCUT2D eigenvalue weighted by molar-refractivity contribution is 5.98. The Morgan fingerprint density at radius 2 is 2.00 bits per heavy atom. The van der Waals surface area contributed by atoms with Crippen LogP contribution in [-0.2, 0) is 11.2 Å². The Morgan fingerprint density at radius 3 is 2.81 bits per heavy atom. The van der Waals surface area contributed by atoms with Crippen molar-refractivity contribution in [3.63, 3.8) is 0 Å². The molecule has 0 saturated carbocycles. The smallest absolute Gasteiger partial charge is 0.249 e. The normalized spacial score (nSPS) is 11.0. The second-order valence-electron chi connectivity index (χ2n) is 6.26. The van der Waals surface area contributed by atoms with Crippen molar-refractivity contribution in [2.24, 2.45) is 0 Å². The Morgan fingerprint density at radius 1 is 1.15 bits per heavy atom. The molecule has 2 aromatic heterocycles. The molecular formula is C20H18N4O2. The fraction of sp³-hybridized carbons (Fsp3) is 0.150. The van der Waals surface area contributed by atoms with Gasteiger partial charge in [0.05, 0.1) is 17.7 Å². The van der Waals surface area contributed by atoms with Crippen LogP contribution in [-0.4, -0.2) is 21.1 Å². The molecule has 0 saturated heterocycles. The molecule has 0 aliphatic carbocycles. The third-order valence-corrected chi connectivity index (χ3v) is 4.23. The standard InChI is InChI=1S/C20H18N4O2/c1-12-7-8-15-14(11-21-18(15)9-12)10-19(25)22-17-6-4-3-5-16(17)20-24-23-13(2)26-20/h3-9,11,21H,10H2,1-2H3,(H,22,25). The summed E-state index contributed by atoms with van der Waals surface area (Å²) in [5.74, 6) is 0.770. The number of H-pyrrole nitrogens is 1. The van der Waals surface area contributed by atoms with E-state index >= 15 is 0 Å². The second-order valence-corrected chi connectivity index (χ2v) is 6.26. The lowest BCUT2D eigenvalue weighted by Gasteiger charge is -2.08. The van der Waals surface area contributed by atoms with E-state index in [0.717, 1.165) is 16.5 Å². The zero-order chi connectivity index (χ0) is 18.1. The van der Waals surface area contributed by atoms with Crippen LogP contribution in [0.2, 0.25) is 0 Å². The van der Waals surface area contributed by atoms with Gasteiger partial charge in [-0.25, -0.2) is 0 Å². The van der Waals surface area contributed by atoms with Gasteiger partial charge in [0.15, 0.2) is 0 Å². The van der Waals surface area contributed by atoms with Gasteiger partial charge >= 0.3 is 0 Å². The number of carbonyl (C=O) groups excluding carboxylic acids is 1. The van der Waals surface area contributed by atoms with Crippen molar-refractivity contribution in [1.29, 1.82) is 0 Å². The molecule has 2 N–H and O–H groups in total. The summed E-state index contributed by atoms with van der Waals surface area (Å²) in [4.78, 5) is 15.8. The number of rotatable bonds is 4. The first-order valence-electron chi connectivity index (χ1n) is 8.36. The fourth-order valence-electron chi connectivity index (χ4n) is 3.00. The van der Waals surface area contributed by atoms with Crippen molar-refractivity contribution >= 4 is 22.5 Å². The van der Waals surface area contributed by atoms with Crippen LogP contribution in [0.5, 0.6) is 0 Å². The van der Waals surface area contributed by atoms with Crippen LogP contribution in [0, 0.1) is 13.8 Å². The number of fused-ring (bicyclic) bond motifs is 1. The summed E-state index contributed by atoms with van der Waals surface area (Å²) in [5, 5.41) is 11.9. The molecule has 0 atom stereocenters. The number of nitrogens with one attached hydrogen (secondary N) is 2. The average Bonchev–Trinajstić information content (AvgIpc) is 3.21. The monoisotopic (exact) mass is 346 g/mol. The average molecular weight is 346 g/mol. The quantitative estimate of drug-likeness (QED) is 0.585. The summed E-state index contributed by atoms with van der Waals surface area (Å²) in [6.07, 6.45) is 2.16. The van der Waals surface area contributed by atoms with Gasteiger partial charge in [0, 0.05) is 24.0 Å². The maximum atomic E-state index is 12.6. The maximum Gasteiger partial charge on any atom is 0.249 e. The highest BCUT2D eigenvalue weighted by Crippen LogP contribution is 2.27. The molecule has 6 heteroatoms. The number of amides is 1. The molecule has 26 heavy (non-hydrogen) atoms. The van der Waals surface area contributed by atoms with Gasteiger partial charge in [0.25, 0.3) is 0 Å². The maximum absolute atomic E-state index is 12.6. The predicted molar refractivity (Wildman–Crippen MR) is 99.8 cm³/mol. The molecule has 0 unspecified atom stereocenters. The molecule has 1 amide bonds. The number of carbonyl (C=O) groups is 1. The summed E-state index contributed by atoms with van der Waals surface area (Å²) in [6, 6.07) is 13.6. The summed E-state index contributed by atoms with van der Waals surface area (Å²) in [5.41, 5.74) is 4.53. The first-order chi connectivity index (χ1) is 12.6. The van der Waals surface area contributed by atoms with E-state index in [1.807, 2.05) is 49.5 Å². The van der Waals surface area contributed by atoms with Crippen LogP contribution in [0.1, 0.15) is 17.0 Å². The lowest BCUT2D eigenvalue weighted by molar-refractivity contribution is -0.115. The molecule has 6 nitrogen and oxygen atoms in total. The van der Waals surface area contributed by atoms with Gasteiger partial charge in [0.2, 0.25) is 17.7 Å². The zero-order valence-corrected chi connectivity index (χ0v) is 14.5. The van der Waals surface area contributed by atoms with E-state index in [1.165, 1.54) is 5.56 Å². The number of aryl methyl sites for hydroxylation is 2. The van der Waals surface area contributed by atoms with Crippen molar-refractivity contribution in [1.82, 2.24) is 15.2 Å². The van der Waals surface area contributed by atoms with Gasteiger partial charge in [-0.3, -0.25) is 4.79 Å². The van der Waals surface area contributed by atoms with Gasteiger partial charge in [-0.05, 0) is 36.2 Å². The largest absolute Gasteiger partial charge is 0.421 e. The molecule has 0 radical (unpaired) electrons. The predicted octanol–water partition coefficient (Wildman–Crippen LogP) is 4.02. The molecule has 130 valence electrons. The molecule has 0 bridgehead atoms. The molecular weight excluding hydrogens is 328 g/mol. The van der Waals surface area contributed by atoms with Crippen LogP contribution in [0.25, 0.3) is 22.4 Å². The molecule has 0 aliphatic heterocycles. The minimum atomic E-state index is -0.102. The summed E-state index contributed by atoms with van der Waals surface area (Å²) in [6.45, 7) is 3.78. The molecule has 4 rings (SSSR count). The Balaban J connectivity index is 1.57. The summed E-state index contributed by atoms with van der Waals surface area (Å²) in [7, 11) is 0. The number of anilines is 1. The molecule has 4 aromatic rings. The Labute approximate surface area is 150 Å². The number of para-hydroxylation sites is 1. The molecule has 0 fully saturated rings. The Bertz CT molecular complexity index is 1090. The number of aromatic amines is 1. The minimum Gasteiger partial charge on any atom is -0.421 e. The Kier molecular flexibility index (Phi) is 4.01. The van der Waals surface area contributed by atoms with Crippen LogP contribution in [0.4, 0.5) is 5.69 Å². The number of benzene rings is 2. The molecule has 0 spiro atoms.